The second kappa shape index (κ2) is 40.2. The van der Waals surface area contributed by atoms with E-state index in [-0.39, 0.29) is 71.7 Å². The van der Waals surface area contributed by atoms with Crippen LogP contribution in [0.4, 0.5) is 0 Å². The predicted octanol–water partition coefficient (Wildman–Crippen LogP) is 15.1. The molecule has 5 rings (SSSR count). The van der Waals surface area contributed by atoms with Gasteiger partial charge in [0.15, 0.2) is 26.4 Å². The summed E-state index contributed by atoms with van der Waals surface area (Å²) >= 11 is 0. The minimum atomic E-state index is -0.325. The van der Waals surface area contributed by atoms with Crippen LogP contribution < -0.4 is 40.2 Å². The summed E-state index contributed by atoms with van der Waals surface area (Å²) in [5.41, 5.74) is 9.96. The van der Waals surface area contributed by atoms with Crippen LogP contribution in [0.25, 0.3) is 0 Å². The Bertz CT molecular complexity index is 2420. The average molecular weight is 1280 g/mol. The number of unbranched alkanes of at least 4 members (excludes halogenated alkanes) is 12. The fourth-order valence-electron chi connectivity index (χ4n) is 11.2. The molecule has 6 N–H and O–H groups in total. The van der Waals surface area contributed by atoms with Gasteiger partial charge in [0.25, 0.3) is 23.6 Å². The molecule has 0 unspecified atom stereocenters. The Morgan fingerprint density at radius 1 is 0.304 bits per heavy atom. The van der Waals surface area contributed by atoms with Gasteiger partial charge in [-0.25, -0.2) is 0 Å². The molecule has 14 nitrogen and oxygen atoms in total. The van der Waals surface area contributed by atoms with Crippen molar-refractivity contribution in [2.24, 2.45) is 0 Å². The first-order valence-electron chi connectivity index (χ1n) is 34.8. The Labute approximate surface area is 556 Å². The number of carbonyl (C=O) groups is 4. The van der Waals surface area contributed by atoms with Crippen molar-refractivity contribution < 1.29 is 48.3 Å². The van der Waals surface area contributed by atoms with Gasteiger partial charge in [0.05, 0.1) is 0 Å². The van der Waals surface area contributed by atoms with Crippen molar-refractivity contribution in [2.45, 2.75) is 261 Å². The van der Waals surface area contributed by atoms with Gasteiger partial charge in [-0.1, -0.05) is 236 Å². The first kappa shape index (κ1) is 80.1. The SMILES string of the molecule is CCCCCCNC(=O)COc1c2cc(C(C)(C)C)cc1Cc1cc(C(C)(C)C)cc(c1OCC(=O)NCCCCCC)Cc1cc(C(C)(C)C)cc(c1OCC(=O)NCCCCCC)Cc1cc(C(C)(C)C)cc(c1OCC(=O)NCCCCCC)C2.CO.CO. The molecule has 1 aliphatic carbocycles. The third-order valence-corrected chi connectivity index (χ3v) is 16.8. The van der Waals surface area contributed by atoms with Gasteiger partial charge in [0, 0.05) is 66.1 Å². The first-order valence-corrected chi connectivity index (χ1v) is 34.8. The lowest BCUT2D eigenvalue weighted by Crippen LogP contribution is -2.30. The number of hydrogen-bond acceptors (Lipinski definition) is 10. The van der Waals surface area contributed by atoms with E-state index in [1.54, 1.807) is 0 Å². The number of aliphatic hydroxyl groups is 2. The molecule has 0 aromatic heterocycles. The largest absolute Gasteiger partial charge is 0.483 e. The quantitative estimate of drug-likeness (QED) is 0.0226. The molecule has 8 bridgehead atoms. The maximum Gasteiger partial charge on any atom is 0.257 e. The summed E-state index contributed by atoms with van der Waals surface area (Å²) in [6.45, 7) is 36.8. The molecule has 4 aromatic carbocycles. The van der Waals surface area contributed by atoms with Gasteiger partial charge in [-0.15, -0.1) is 0 Å². The zero-order valence-electron chi connectivity index (χ0n) is 60.6. The second-order valence-electron chi connectivity index (χ2n) is 29.0. The van der Waals surface area contributed by atoms with Crippen molar-refractivity contribution in [3.05, 3.63) is 115 Å². The fourth-order valence-corrected chi connectivity index (χ4v) is 11.2. The Morgan fingerprint density at radius 2 is 0.467 bits per heavy atom. The van der Waals surface area contributed by atoms with Crippen LogP contribution in [0.3, 0.4) is 0 Å². The van der Waals surface area contributed by atoms with Crippen LogP contribution in [0, 0.1) is 0 Å². The van der Waals surface area contributed by atoms with Crippen molar-refractivity contribution in [1.29, 1.82) is 0 Å². The number of aliphatic hydroxyl groups excluding tert-OH is 2. The van der Waals surface area contributed by atoms with E-state index >= 15 is 0 Å². The third-order valence-electron chi connectivity index (χ3n) is 16.8. The molecule has 1 aliphatic rings. The number of hydrogen-bond donors (Lipinski definition) is 6. The molecular weight excluding hydrogens is 1150 g/mol. The lowest BCUT2D eigenvalue weighted by molar-refractivity contribution is -0.123. The number of benzene rings is 4. The highest BCUT2D eigenvalue weighted by Crippen LogP contribution is 2.44. The summed E-state index contributed by atoms with van der Waals surface area (Å²) in [6, 6.07) is 17.8. The van der Waals surface area contributed by atoms with Crippen LogP contribution in [-0.2, 0) is 66.5 Å². The molecular formula is C78H124N4O10. The normalized spacial score (nSPS) is 12.3. The molecule has 0 aliphatic heterocycles. The van der Waals surface area contributed by atoms with Crippen molar-refractivity contribution in [3.8, 4) is 23.0 Å². The van der Waals surface area contributed by atoms with E-state index < -0.39 is 0 Å². The molecule has 0 saturated carbocycles. The van der Waals surface area contributed by atoms with Gasteiger partial charge in [0.1, 0.15) is 23.0 Å². The van der Waals surface area contributed by atoms with E-state index in [4.69, 9.17) is 29.2 Å². The number of ether oxygens (including phenoxy) is 4. The molecule has 0 atom stereocenters. The molecule has 4 aromatic rings. The molecule has 92 heavy (non-hydrogen) atoms. The Kier molecular flexibility index (Phi) is 35.0. The summed E-state index contributed by atoms with van der Waals surface area (Å²) in [7, 11) is 2.00. The van der Waals surface area contributed by atoms with Crippen molar-refractivity contribution in [3.63, 3.8) is 0 Å². The lowest BCUT2D eigenvalue weighted by atomic mass is 9.79. The van der Waals surface area contributed by atoms with Crippen LogP contribution in [-0.4, -0.2) is 101 Å². The molecule has 0 fully saturated rings. The highest BCUT2D eigenvalue weighted by atomic mass is 16.5. The number of carbonyl (C=O) groups excluding carboxylic acids is 4. The van der Waals surface area contributed by atoms with Crippen molar-refractivity contribution in [1.82, 2.24) is 21.3 Å². The van der Waals surface area contributed by atoms with Crippen LogP contribution in [0.2, 0.25) is 0 Å². The monoisotopic (exact) mass is 1280 g/mol. The summed E-state index contributed by atoms with van der Waals surface area (Å²) in [5, 5.41) is 26.6. The van der Waals surface area contributed by atoms with Crippen molar-refractivity contribution in [2.75, 3.05) is 66.8 Å². The van der Waals surface area contributed by atoms with Gasteiger partial charge >= 0.3 is 0 Å². The van der Waals surface area contributed by atoms with Gasteiger partial charge in [-0.05, 0) is 114 Å². The van der Waals surface area contributed by atoms with E-state index in [2.05, 4.69) is 181 Å². The summed E-state index contributed by atoms with van der Waals surface area (Å²) in [6.07, 6.45) is 17.9. The maximum absolute atomic E-state index is 14.0. The van der Waals surface area contributed by atoms with Crippen LogP contribution in [0.15, 0.2) is 48.5 Å². The van der Waals surface area contributed by atoms with Gasteiger partial charge < -0.3 is 50.4 Å². The molecule has 516 valence electrons. The van der Waals surface area contributed by atoms with Gasteiger partial charge in [0.2, 0.25) is 0 Å². The molecule has 0 radical (unpaired) electrons. The molecule has 0 saturated heterocycles. The smallest absolute Gasteiger partial charge is 0.257 e. The Morgan fingerprint density at radius 3 is 0.609 bits per heavy atom. The third kappa shape index (κ3) is 27.1. The van der Waals surface area contributed by atoms with E-state index in [0.29, 0.717) is 74.9 Å². The molecule has 0 spiro atoms. The number of fused-ring (bicyclic) bond motifs is 8. The Hall–Kier alpha value is -6.12. The zero-order valence-corrected chi connectivity index (χ0v) is 60.6. The number of rotatable bonds is 32. The van der Waals surface area contributed by atoms with Crippen molar-refractivity contribution >= 4 is 23.6 Å². The standard InChI is InChI=1S/C76H116N4O8.2CH4O/c1-17-21-25-29-33-77-65(81)49-85-69-53-37-55-43-62(74(8,9)10)45-57(70(55)86-50-66(82)78-34-30-26-22-18-2)39-59-47-64(76(14,15)16)48-60(72(59)88-52-68(84)80-36-32-28-24-20-4)40-58-46-63(75(11,12)13)44-56(38-54(69)42-61(41-53)73(5,6)7)71(58)87-51-67(83)79-35-31-27-23-19-3;2*1-2/h41-48H,17-40,49-52H2,1-16H3,(H,77,81)(H,78,82)(H,79,83)(H,80,84);2*2H,1H3. The second-order valence-corrected chi connectivity index (χ2v) is 29.0. The average Bonchev–Trinajstić information content (AvgIpc) is 0.771. The zero-order chi connectivity index (χ0) is 68.7. The summed E-state index contributed by atoms with van der Waals surface area (Å²) < 4.78 is 28.0. The van der Waals surface area contributed by atoms with Crippen LogP contribution in [0.5, 0.6) is 23.0 Å². The van der Waals surface area contributed by atoms with E-state index in [0.717, 1.165) is 184 Å². The van der Waals surface area contributed by atoms with Gasteiger partial charge in [-0.3, -0.25) is 19.2 Å². The number of amides is 4. The minimum absolute atomic E-state index is 0.197. The van der Waals surface area contributed by atoms with Crippen LogP contribution in [0.1, 0.15) is 280 Å². The molecule has 0 heterocycles. The van der Waals surface area contributed by atoms with E-state index in [1.165, 1.54) is 0 Å². The highest BCUT2D eigenvalue weighted by Gasteiger charge is 2.30. The molecule has 4 amide bonds. The van der Waals surface area contributed by atoms with E-state index in [9.17, 15) is 19.2 Å². The summed E-state index contributed by atoms with van der Waals surface area (Å²) in [4.78, 5) is 55.9. The Balaban J connectivity index is 0.00000541. The minimum Gasteiger partial charge on any atom is -0.483 e. The first-order chi connectivity index (χ1) is 43.7. The maximum atomic E-state index is 14.0. The van der Waals surface area contributed by atoms with Gasteiger partial charge in [-0.2, -0.15) is 0 Å². The predicted molar refractivity (Wildman–Crippen MR) is 379 cm³/mol. The lowest BCUT2D eigenvalue weighted by Gasteiger charge is -2.29. The highest BCUT2D eigenvalue weighted by molar-refractivity contribution is 5.79. The topological polar surface area (TPSA) is 194 Å². The van der Waals surface area contributed by atoms with Crippen LogP contribution >= 0.6 is 0 Å². The fraction of sp³-hybridized carbons (Fsp3) is 0.641. The summed E-state index contributed by atoms with van der Waals surface area (Å²) in [5.74, 6) is 1.59. The van der Waals surface area contributed by atoms with E-state index in [1.807, 2.05) is 0 Å². The molecule has 14 heteroatoms. The number of nitrogens with one attached hydrogen (secondary N) is 4.